The average Bonchev–Trinajstić information content (AvgIpc) is 2.55. The lowest BCUT2D eigenvalue weighted by atomic mass is 10.1. The van der Waals surface area contributed by atoms with Crippen LogP contribution in [0.2, 0.25) is 0 Å². The van der Waals surface area contributed by atoms with Gasteiger partial charge in [-0.3, -0.25) is 4.57 Å². The van der Waals surface area contributed by atoms with Crippen LogP contribution in [0.5, 0.6) is 0 Å². The van der Waals surface area contributed by atoms with Crippen molar-refractivity contribution in [1.29, 1.82) is 0 Å². The first-order valence-corrected chi connectivity index (χ1v) is 11.4. The van der Waals surface area contributed by atoms with Crippen LogP contribution in [-0.2, 0) is 15.6 Å². The van der Waals surface area contributed by atoms with Gasteiger partial charge in [0.15, 0.2) is 0 Å². The third-order valence-corrected chi connectivity index (χ3v) is 5.27. The van der Waals surface area contributed by atoms with Crippen LogP contribution in [0.25, 0.3) is 0 Å². The Morgan fingerprint density at radius 1 is 0.958 bits per heavy atom. The molecule has 0 saturated heterocycles. The smallest absolute Gasteiger partial charge is 0.279 e. The number of benzene rings is 1. The first kappa shape index (κ1) is 21.4. The fourth-order valence-electron chi connectivity index (χ4n) is 2.50. The molecule has 0 spiro atoms. The van der Waals surface area contributed by atoms with Crippen LogP contribution in [-0.4, -0.2) is 13.3 Å². The highest BCUT2D eigenvalue weighted by Crippen LogP contribution is 2.36. The van der Waals surface area contributed by atoms with Crippen molar-refractivity contribution in [2.75, 3.05) is 13.3 Å². The number of nitrogens with one attached hydrogen (secondary N) is 2. The molecule has 1 atom stereocenters. The number of rotatable bonds is 14. The minimum Gasteiger partial charge on any atom is -0.317 e. The van der Waals surface area contributed by atoms with Crippen molar-refractivity contribution in [3.05, 3.63) is 35.4 Å². The highest BCUT2D eigenvalue weighted by atomic mass is 31.2. The van der Waals surface area contributed by atoms with Gasteiger partial charge in [0.25, 0.3) is 7.52 Å². The van der Waals surface area contributed by atoms with Crippen molar-refractivity contribution < 1.29 is 9.09 Å². The molecule has 2 N–H and O–H groups in total. The molecule has 0 saturated carbocycles. The van der Waals surface area contributed by atoms with Gasteiger partial charge in [-0.15, -0.1) is 0 Å². The molecule has 5 heteroatoms. The minimum atomic E-state index is -2.77. The molecule has 0 heterocycles. The molecule has 138 valence electrons. The van der Waals surface area contributed by atoms with Crippen molar-refractivity contribution in [1.82, 2.24) is 10.6 Å². The molecule has 24 heavy (non-hydrogen) atoms. The second-order valence-electron chi connectivity index (χ2n) is 6.60. The fraction of sp³-hybridized carbons (Fsp3) is 0.684. The molecule has 0 amide bonds. The third kappa shape index (κ3) is 11.0. The summed E-state index contributed by atoms with van der Waals surface area (Å²) in [4.78, 5) is 0. The lowest BCUT2D eigenvalue weighted by molar-refractivity contribution is 0.293. The van der Waals surface area contributed by atoms with Crippen LogP contribution in [0.15, 0.2) is 24.3 Å². The van der Waals surface area contributed by atoms with E-state index >= 15 is 0 Å². The molecule has 0 aliphatic rings. The quantitative estimate of drug-likeness (QED) is 0.260. The fourth-order valence-corrected chi connectivity index (χ4v) is 3.41. The Labute approximate surface area is 148 Å². The predicted molar refractivity (Wildman–Crippen MR) is 103 cm³/mol. The van der Waals surface area contributed by atoms with E-state index in [-0.39, 0.29) is 0 Å². The molecule has 4 nitrogen and oxygen atoms in total. The lowest BCUT2D eigenvalue weighted by Gasteiger charge is -2.16. The van der Waals surface area contributed by atoms with Gasteiger partial charge in [-0.1, -0.05) is 81.7 Å². The largest absolute Gasteiger partial charge is 0.317 e. The van der Waals surface area contributed by atoms with Gasteiger partial charge in [0.05, 0.1) is 6.61 Å². The summed E-state index contributed by atoms with van der Waals surface area (Å²) >= 11 is 0. The zero-order valence-electron chi connectivity index (χ0n) is 15.6. The Balaban J connectivity index is 2.03. The van der Waals surface area contributed by atoms with Gasteiger partial charge in [0, 0.05) is 13.2 Å². The molecule has 0 radical (unpaired) electrons. The van der Waals surface area contributed by atoms with E-state index in [1.54, 1.807) is 6.66 Å². The third-order valence-electron chi connectivity index (χ3n) is 4.03. The van der Waals surface area contributed by atoms with Crippen LogP contribution in [0.4, 0.5) is 0 Å². The van der Waals surface area contributed by atoms with Crippen LogP contribution in [0.3, 0.4) is 0 Å². The number of hydrogen-bond acceptors (Lipinski definition) is 3. The first-order chi connectivity index (χ1) is 11.5. The molecule has 0 aliphatic heterocycles. The maximum Gasteiger partial charge on any atom is 0.279 e. The normalized spacial score (nSPS) is 13.8. The highest BCUT2D eigenvalue weighted by Gasteiger charge is 2.14. The summed E-state index contributed by atoms with van der Waals surface area (Å²) in [6.45, 7) is 7.11. The van der Waals surface area contributed by atoms with Gasteiger partial charge < -0.3 is 4.52 Å². The zero-order chi connectivity index (χ0) is 17.7. The van der Waals surface area contributed by atoms with E-state index in [4.69, 9.17) is 4.52 Å². The van der Waals surface area contributed by atoms with E-state index in [1.807, 2.05) is 0 Å². The summed E-state index contributed by atoms with van der Waals surface area (Å²) in [5, 5.41) is 2.83. The minimum absolute atomic E-state index is 0.557. The number of unbranched alkanes of at least 4 members (excludes halogenated alkanes) is 7. The SMILES string of the molecule is CCCCCCCCCCOP(C)(=O)NNCc1ccc(C)cc1. The van der Waals surface area contributed by atoms with Crippen LogP contribution in [0, 0.1) is 6.92 Å². The number of hydrazine groups is 1. The lowest BCUT2D eigenvalue weighted by Crippen LogP contribution is -2.29. The molecule has 1 aromatic carbocycles. The molecule has 0 aliphatic carbocycles. The summed E-state index contributed by atoms with van der Waals surface area (Å²) in [6.07, 6.45) is 10.0. The molecule has 0 bridgehead atoms. The molecular weight excluding hydrogens is 319 g/mol. The molecule has 0 fully saturated rings. The monoisotopic (exact) mass is 354 g/mol. The predicted octanol–water partition coefficient (Wildman–Crippen LogP) is 5.57. The Morgan fingerprint density at radius 3 is 2.17 bits per heavy atom. The van der Waals surface area contributed by atoms with Gasteiger partial charge in [0.2, 0.25) is 0 Å². The van der Waals surface area contributed by atoms with Crippen LogP contribution < -0.4 is 10.6 Å². The van der Waals surface area contributed by atoms with Gasteiger partial charge in [-0.25, -0.2) is 5.43 Å². The van der Waals surface area contributed by atoms with Gasteiger partial charge in [0.1, 0.15) is 0 Å². The van der Waals surface area contributed by atoms with Crippen LogP contribution >= 0.6 is 7.52 Å². The Kier molecular flexibility index (Phi) is 11.3. The van der Waals surface area contributed by atoms with Gasteiger partial charge in [-0.05, 0) is 18.9 Å². The Bertz CT molecular complexity index is 477. The van der Waals surface area contributed by atoms with E-state index in [9.17, 15) is 4.57 Å². The zero-order valence-corrected chi connectivity index (χ0v) is 16.5. The summed E-state index contributed by atoms with van der Waals surface area (Å²) in [5.74, 6) is 0. The number of hydrogen-bond donors (Lipinski definition) is 2. The molecule has 1 aromatic rings. The number of aryl methyl sites for hydroxylation is 1. The Morgan fingerprint density at radius 2 is 1.54 bits per heavy atom. The van der Waals surface area contributed by atoms with Gasteiger partial charge >= 0.3 is 0 Å². The van der Waals surface area contributed by atoms with Crippen molar-refractivity contribution in [3.63, 3.8) is 0 Å². The molecule has 1 rings (SSSR count). The van der Waals surface area contributed by atoms with Gasteiger partial charge in [-0.2, -0.15) is 5.20 Å². The summed E-state index contributed by atoms with van der Waals surface area (Å²) in [7, 11) is -2.77. The van der Waals surface area contributed by atoms with E-state index in [0.717, 1.165) is 18.4 Å². The van der Waals surface area contributed by atoms with E-state index < -0.39 is 7.52 Å². The summed E-state index contributed by atoms with van der Waals surface area (Å²) in [5.41, 5.74) is 5.39. The van der Waals surface area contributed by atoms with E-state index in [0.29, 0.717) is 13.2 Å². The van der Waals surface area contributed by atoms with Crippen molar-refractivity contribution in [2.24, 2.45) is 0 Å². The first-order valence-electron chi connectivity index (χ1n) is 9.31. The second kappa shape index (κ2) is 12.7. The maximum atomic E-state index is 12.3. The van der Waals surface area contributed by atoms with Crippen LogP contribution in [0.1, 0.15) is 69.4 Å². The molecule has 1 unspecified atom stereocenters. The van der Waals surface area contributed by atoms with E-state index in [2.05, 4.69) is 48.7 Å². The van der Waals surface area contributed by atoms with Crippen molar-refractivity contribution >= 4 is 7.52 Å². The second-order valence-corrected chi connectivity index (χ2v) is 8.78. The standard InChI is InChI=1S/C19H35N2O2P/c1-4-5-6-7-8-9-10-11-16-23-24(3,22)21-20-17-19-14-12-18(2)13-15-19/h12-15,20H,4-11,16-17H2,1-3H3,(H,21,22). The average molecular weight is 354 g/mol. The molecular formula is C19H35N2O2P. The van der Waals surface area contributed by atoms with E-state index in [1.165, 1.54) is 44.1 Å². The summed E-state index contributed by atoms with van der Waals surface area (Å²) < 4.78 is 17.8. The van der Waals surface area contributed by atoms with Crippen molar-refractivity contribution in [2.45, 2.75) is 71.8 Å². The summed E-state index contributed by atoms with van der Waals surface area (Å²) in [6, 6.07) is 8.26. The molecule has 0 aromatic heterocycles. The highest BCUT2D eigenvalue weighted by molar-refractivity contribution is 7.55. The maximum absolute atomic E-state index is 12.3. The topological polar surface area (TPSA) is 50.4 Å². The van der Waals surface area contributed by atoms with Crippen molar-refractivity contribution in [3.8, 4) is 0 Å². The Hall–Kier alpha value is -0.670.